The number of guanidine groups is 1. The number of nitrogens with zero attached hydrogens (tertiary/aromatic N) is 2. The van der Waals surface area contributed by atoms with Crippen LogP contribution >= 0.6 is 0 Å². The minimum absolute atomic E-state index is 0.0240. The maximum Gasteiger partial charge on any atom is 0.196 e. The van der Waals surface area contributed by atoms with Crippen molar-refractivity contribution in [1.82, 2.24) is 0 Å². The highest BCUT2D eigenvalue weighted by Crippen LogP contribution is 2.42. The monoisotopic (exact) mass is 273 g/mol. The molecule has 0 amide bonds. The largest absolute Gasteiger partial charge is 0.495 e. The molecule has 3 rings (SSSR count). The number of hydrogen-bond donors (Lipinski definition) is 1. The number of hydrogen-bond acceptors (Lipinski definition) is 4. The summed E-state index contributed by atoms with van der Waals surface area (Å²) >= 11 is 0. The molecule has 0 saturated heterocycles. The van der Waals surface area contributed by atoms with Gasteiger partial charge in [-0.05, 0) is 31.4 Å². The van der Waals surface area contributed by atoms with Gasteiger partial charge in [0.15, 0.2) is 5.96 Å². The minimum atomic E-state index is -0.0240. The van der Waals surface area contributed by atoms with Gasteiger partial charge >= 0.3 is 0 Å². The lowest BCUT2D eigenvalue weighted by atomic mass is 9.76. The van der Waals surface area contributed by atoms with Crippen molar-refractivity contribution in [3.63, 3.8) is 0 Å². The summed E-state index contributed by atoms with van der Waals surface area (Å²) in [5.41, 5.74) is 7.17. The zero-order chi connectivity index (χ0) is 14.2. The molecule has 1 heterocycles. The van der Waals surface area contributed by atoms with Crippen LogP contribution in [0.15, 0.2) is 29.3 Å². The average Bonchev–Trinajstić information content (AvgIpc) is 2.70. The van der Waals surface area contributed by atoms with Crippen LogP contribution in [0.4, 0.5) is 5.69 Å². The summed E-state index contributed by atoms with van der Waals surface area (Å²) in [6.07, 6.45) is 5.20. The smallest absolute Gasteiger partial charge is 0.196 e. The normalized spacial score (nSPS) is 26.3. The quantitative estimate of drug-likeness (QED) is 0.917. The van der Waals surface area contributed by atoms with E-state index in [1.54, 1.807) is 7.11 Å². The van der Waals surface area contributed by atoms with Gasteiger partial charge in [0.2, 0.25) is 0 Å². The van der Waals surface area contributed by atoms with Gasteiger partial charge in [-0.3, -0.25) is 4.99 Å². The standard InChI is InChI=1S/C16H23N3O/c1-16(10-12-6-5-7-12)11-18-15(17)19(16)13-8-3-4-9-14(13)20-2/h3-4,8-9,12H,5-7,10-11H2,1-2H3,(H2,17,18). The van der Waals surface area contributed by atoms with Crippen LogP contribution < -0.4 is 15.4 Å². The molecule has 1 aliphatic heterocycles. The number of benzene rings is 1. The summed E-state index contributed by atoms with van der Waals surface area (Å²) < 4.78 is 5.49. The molecule has 1 atom stereocenters. The van der Waals surface area contributed by atoms with Crippen molar-refractivity contribution in [2.45, 2.75) is 38.1 Å². The predicted molar refractivity (Wildman–Crippen MR) is 82.3 cm³/mol. The molecule has 1 fully saturated rings. The van der Waals surface area contributed by atoms with Crippen molar-refractivity contribution in [3.8, 4) is 5.75 Å². The highest BCUT2D eigenvalue weighted by atomic mass is 16.5. The Labute approximate surface area is 120 Å². The molecule has 1 aromatic carbocycles. The van der Waals surface area contributed by atoms with Crippen LogP contribution in [0, 0.1) is 5.92 Å². The number of methoxy groups -OCH3 is 1. The van der Waals surface area contributed by atoms with E-state index in [9.17, 15) is 0 Å². The van der Waals surface area contributed by atoms with Crippen LogP contribution in [0.3, 0.4) is 0 Å². The van der Waals surface area contributed by atoms with Crippen molar-refractivity contribution in [2.24, 2.45) is 16.6 Å². The van der Waals surface area contributed by atoms with Gasteiger partial charge in [-0.15, -0.1) is 0 Å². The minimum Gasteiger partial charge on any atom is -0.495 e. The first kappa shape index (κ1) is 13.3. The summed E-state index contributed by atoms with van der Waals surface area (Å²) in [6, 6.07) is 8.04. The molecule has 0 aromatic heterocycles. The molecule has 108 valence electrons. The van der Waals surface area contributed by atoms with E-state index in [0.717, 1.165) is 30.3 Å². The Balaban J connectivity index is 1.92. The van der Waals surface area contributed by atoms with E-state index in [0.29, 0.717) is 5.96 Å². The second-order valence-electron chi connectivity index (χ2n) is 6.18. The first-order chi connectivity index (χ1) is 9.64. The van der Waals surface area contributed by atoms with Gasteiger partial charge in [0.1, 0.15) is 5.75 Å². The van der Waals surface area contributed by atoms with Crippen molar-refractivity contribution in [2.75, 3.05) is 18.6 Å². The van der Waals surface area contributed by atoms with Gasteiger partial charge in [-0.2, -0.15) is 0 Å². The highest BCUT2D eigenvalue weighted by molar-refractivity contribution is 5.99. The fraction of sp³-hybridized carbons (Fsp3) is 0.562. The topological polar surface area (TPSA) is 50.9 Å². The van der Waals surface area contributed by atoms with Gasteiger partial charge in [-0.25, -0.2) is 0 Å². The van der Waals surface area contributed by atoms with Crippen molar-refractivity contribution < 1.29 is 4.74 Å². The summed E-state index contributed by atoms with van der Waals surface area (Å²) in [5.74, 6) is 2.28. The average molecular weight is 273 g/mol. The first-order valence-corrected chi connectivity index (χ1v) is 7.37. The fourth-order valence-corrected chi connectivity index (χ4v) is 3.37. The molecular formula is C16H23N3O. The van der Waals surface area contributed by atoms with E-state index in [4.69, 9.17) is 10.5 Å². The maximum atomic E-state index is 6.17. The van der Waals surface area contributed by atoms with Gasteiger partial charge in [0, 0.05) is 0 Å². The van der Waals surface area contributed by atoms with Crippen molar-refractivity contribution in [3.05, 3.63) is 24.3 Å². The van der Waals surface area contributed by atoms with E-state index in [1.165, 1.54) is 19.3 Å². The van der Waals surface area contributed by atoms with Crippen LogP contribution in [0.25, 0.3) is 0 Å². The summed E-state index contributed by atoms with van der Waals surface area (Å²) in [4.78, 5) is 6.67. The Kier molecular flexibility index (Phi) is 3.32. The fourth-order valence-electron chi connectivity index (χ4n) is 3.37. The third kappa shape index (κ3) is 2.13. The molecule has 1 aliphatic carbocycles. The number of rotatable bonds is 4. The zero-order valence-electron chi connectivity index (χ0n) is 12.3. The molecule has 4 nitrogen and oxygen atoms in total. The lowest BCUT2D eigenvalue weighted by molar-refractivity contribution is 0.242. The number of ether oxygens (including phenoxy) is 1. The highest BCUT2D eigenvalue weighted by Gasteiger charge is 2.42. The number of aliphatic imine (C=N–C) groups is 1. The van der Waals surface area contributed by atoms with E-state index < -0.39 is 0 Å². The lowest BCUT2D eigenvalue weighted by Gasteiger charge is -2.41. The Morgan fingerprint density at radius 3 is 2.80 bits per heavy atom. The summed E-state index contributed by atoms with van der Waals surface area (Å²) in [5, 5.41) is 0. The lowest BCUT2D eigenvalue weighted by Crippen LogP contribution is -2.51. The Bertz CT molecular complexity index is 524. The molecule has 2 N–H and O–H groups in total. The Morgan fingerprint density at radius 2 is 2.15 bits per heavy atom. The Hall–Kier alpha value is -1.71. The molecule has 2 aliphatic rings. The second kappa shape index (κ2) is 5.00. The van der Waals surface area contributed by atoms with Crippen molar-refractivity contribution in [1.29, 1.82) is 0 Å². The molecule has 1 saturated carbocycles. The van der Waals surface area contributed by atoms with Crippen LogP contribution in [0.2, 0.25) is 0 Å². The van der Waals surface area contributed by atoms with Crippen LogP contribution in [-0.4, -0.2) is 25.2 Å². The number of para-hydroxylation sites is 2. The van der Waals surface area contributed by atoms with E-state index in [1.807, 2.05) is 18.2 Å². The molecule has 0 radical (unpaired) electrons. The molecule has 1 unspecified atom stereocenters. The van der Waals surface area contributed by atoms with Gasteiger partial charge < -0.3 is 15.4 Å². The first-order valence-electron chi connectivity index (χ1n) is 7.37. The molecule has 1 aromatic rings. The van der Waals surface area contributed by atoms with Gasteiger partial charge in [0.25, 0.3) is 0 Å². The van der Waals surface area contributed by atoms with Crippen LogP contribution in [0.5, 0.6) is 5.75 Å². The number of nitrogens with two attached hydrogens (primary N) is 1. The third-order valence-corrected chi connectivity index (χ3v) is 4.63. The zero-order valence-corrected chi connectivity index (χ0v) is 12.3. The van der Waals surface area contributed by atoms with Gasteiger partial charge in [0.05, 0.1) is 24.9 Å². The Morgan fingerprint density at radius 1 is 1.40 bits per heavy atom. The van der Waals surface area contributed by atoms with E-state index in [2.05, 4.69) is 22.9 Å². The third-order valence-electron chi connectivity index (χ3n) is 4.63. The molecule has 20 heavy (non-hydrogen) atoms. The van der Waals surface area contributed by atoms with E-state index >= 15 is 0 Å². The molecule has 4 heteroatoms. The van der Waals surface area contributed by atoms with Gasteiger partial charge in [-0.1, -0.05) is 31.4 Å². The van der Waals surface area contributed by atoms with Crippen LogP contribution in [0.1, 0.15) is 32.6 Å². The summed E-state index contributed by atoms with van der Waals surface area (Å²) in [6.45, 7) is 3.04. The molecular weight excluding hydrogens is 250 g/mol. The van der Waals surface area contributed by atoms with Crippen molar-refractivity contribution >= 4 is 11.6 Å². The van der Waals surface area contributed by atoms with E-state index in [-0.39, 0.29) is 5.54 Å². The summed E-state index contributed by atoms with van der Waals surface area (Å²) in [7, 11) is 1.70. The predicted octanol–water partition coefficient (Wildman–Crippen LogP) is 2.78. The number of anilines is 1. The SMILES string of the molecule is COc1ccccc1N1C(N)=NCC1(C)CC1CCC1. The molecule has 0 spiro atoms. The maximum absolute atomic E-state index is 6.17. The van der Waals surface area contributed by atoms with Crippen LogP contribution in [-0.2, 0) is 0 Å². The second-order valence-corrected chi connectivity index (χ2v) is 6.18. The molecule has 0 bridgehead atoms.